The van der Waals surface area contributed by atoms with Gasteiger partial charge in [-0.2, -0.15) is 0 Å². The second-order valence-electron chi connectivity index (χ2n) is 4.99. The van der Waals surface area contributed by atoms with Crippen LogP contribution in [0, 0.1) is 13.8 Å². The fourth-order valence-electron chi connectivity index (χ4n) is 2.24. The number of carbonyl (C=O) groups excluding carboxylic acids is 1. The molecular weight excluding hydrogens is 240 g/mol. The van der Waals surface area contributed by atoms with Crippen LogP contribution < -0.4 is 5.32 Å². The molecule has 0 aliphatic heterocycles. The molecule has 0 fully saturated rings. The van der Waals surface area contributed by atoms with Gasteiger partial charge in [-0.3, -0.25) is 4.79 Å². The van der Waals surface area contributed by atoms with E-state index in [1.807, 2.05) is 39.0 Å². The number of para-hydroxylation sites is 1. The Morgan fingerprint density at radius 3 is 2.84 bits per heavy atom. The van der Waals surface area contributed by atoms with E-state index in [0.717, 1.165) is 16.6 Å². The molecule has 1 atom stereocenters. The van der Waals surface area contributed by atoms with Gasteiger partial charge in [0.2, 0.25) is 0 Å². The molecule has 0 bridgehead atoms. The van der Waals surface area contributed by atoms with Crippen molar-refractivity contribution in [2.45, 2.75) is 33.2 Å². The molecule has 1 amide bonds. The molecule has 2 rings (SSSR count). The monoisotopic (exact) mass is 260 g/mol. The van der Waals surface area contributed by atoms with Crippen molar-refractivity contribution in [3.8, 4) is 0 Å². The minimum atomic E-state index is -0.104. The lowest BCUT2D eigenvalue weighted by atomic mass is 10.1. The van der Waals surface area contributed by atoms with Crippen molar-refractivity contribution in [2.75, 3.05) is 6.61 Å². The maximum atomic E-state index is 12.3. The van der Waals surface area contributed by atoms with Crippen LogP contribution in [0.4, 0.5) is 0 Å². The zero-order valence-electron chi connectivity index (χ0n) is 11.6. The molecule has 1 aromatic carbocycles. The molecule has 0 radical (unpaired) electrons. The highest BCUT2D eigenvalue weighted by Gasteiger charge is 2.15. The van der Waals surface area contributed by atoms with Crippen LogP contribution in [0.1, 0.15) is 35.0 Å². The summed E-state index contributed by atoms with van der Waals surface area (Å²) in [5, 5.41) is 12.9. The third-order valence-electron chi connectivity index (χ3n) is 3.53. The van der Waals surface area contributed by atoms with Crippen LogP contribution in [0.2, 0.25) is 0 Å². The van der Waals surface area contributed by atoms with Gasteiger partial charge >= 0.3 is 0 Å². The van der Waals surface area contributed by atoms with Gasteiger partial charge in [-0.15, -0.1) is 0 Å². The molecule has 19 heavy (non-hydrogen) atoms. The molecule has 3 N–H and O–H groups in total. The highest BCUT2D eigenvalue weighted by molar-refractivity contribution is 6.06. The Morgan fingerprint density at radius 2 is 2.16 bits per heavy atom. The summed E-state index contributed by atoms with van der Waals surface area (Å²) in [6.07, 6.45) is 0.560. The number of aromatic amines is 1. The fourth-order valence-corrected chi connectivity index (χ4v) is 2.24. The van der Waals surface area contributed by atoms with E-state index in [1.165, 1.54) is 5.56 Å². The minimum absolute atomic E-state index is 0.0371. The summed E-state index contributed by atoms with van der Waals surface area (Å²) < 4.78 is 0. The molecule has 2 aromatic rings. The number of nitrogens with one attached hydrogen (secondary N) is 2. The first-order chi connectivity index (χ1) is 9.04. The molecule has 1 aromatic heterocycles. The molecule has 0 aliphatic carbocycles. The average molecular weight is 260 g/mol. The Balaban J connectivity index is 2.35. The lowest BCUT2D eigenvalue weighted by Gasteiger charge is -2.12. The van der Waals surface area contributed by atoms with Gasteiger partial charge in [0.1, 0.15) is 0 Å². The maximum absolute atomic E-state index is 12.3. The topological polar surface area (TPSA) is 65.1 Å². The lowest BCUT2D eigenvalue weighted by Crippen LogP contribution is -2.33. The molecule has 102 valence electrons. The van der Waals surface area contributed by atoms with Crippen molar-refractivity contribution >= 4 is 16.8 Å². The fraction of sp³-hybridized carbons (Fsp3) is 0.400. The second kappa shape index (κ2) is 5.45. The van der Waals surface area contributed by atoms with Crippen LogP contribution >= 0.6 is 0 Å². The number of rotatable bonds is 4. The van der Waals surface area contributed by atoms with Gasteiger partial charge in [0.15, 0.2) is 0 Å². The van der Waals surface area contributed by atoms with Gasteiger partial charge in [0, 0.05) is 23.7 Å². The summed E-state index contributed by atoms with van der Waals surface area (Å²) in [4.78, 5) is 15.5. The molecular formula is C15H20N2O2. The normalized spacial score (nSPS) is 12.6. The number of aliphatic hydroxyl groups excluding tert-OH is 1. The largest absolute Gasteiger partial charge is 0.396 e. The third-order valence-corrected chi connectivity index (χ3v) is 3.53. The smallest absolute Gasteiger partial charge is 0.253 e. The Bertz CT molecular complexity index is 601. The Labute approximate surface area is 112 Å². The van der Waals surface area contributed by atoms with E-state index in [9.17, 15) is 4.79 Å². The summed E-state index contributed by atoms with van der Waals surface area (Å²) in [5.74, 6) is -0.104. The second-order valence-corrected chi connectivity index (χ2v) is 4.99. The number of aryl methyl sites for hydroxylation is 2. The average Bonchev–Trinajstić information content (AvgIpc) is 2.65. The van der Waals surface area contributed by atoms with Crippen LogP contribution in [0.15, 0.2) is 18.2 Å². The number of benzene rings is 1. The highest BCUT2D eigenvalue weighted by Crippen LogP contribution is 2.24. The van der Waals surface area contributed by atoms with E-state index in [4.69, 9.17) is 5.11 Å². The Kier molecular flexibility index (Phi) is 3.90. The molecule has 0 saturated heterocycles. The highest BCUT2D eigenvalue weighted by atomic mass is 16.3. The van der Waals surface area contributed by atoms with E-state index in [0.29, 0.717) is 12.0 Å². The van der Waals surface area contributed by atoms with Crippen LogP contribution in [-0.2, 0) is 0 Å². The van der Waals surface area contributed by atoms with E-state index in [1.54, 1.807) is 0 Å². The molecule has 4 nitrogen and oxygen atoms in total. The zero-order chi connectivity index (χ0) is 14.0. The van der Waals surface area contributed by atoms with Crippen LogP contribution in [-0.4, -0.2) is 28.6 Å². The molecule has 0 aliphatic rings. The van der Waals surface area contributed by atoms with Crippen LogP contribution in [0.5, 0.6) is 0 Å². The van der Waals surface area contributed by atoms with Crippen molar-refractivity contribution in [2.24, 2.45) is 0 Å². The first-order valence-electron chi connectivity index (χ1n) is 6.54. The van der Waals surface area contributed by atoms with Gasteiger partial charge in [0.05, 0.1) is 11.1 Å². The Morgan fingerprint density at radius 1 is 1.42 bits per heavy atom. The third kappa shape index (κ3) is 2.63. The maximum Gasteiger partial charge on any atom is 0.253 e. The minimum Gasteiger partial charge on any atom is -0.396 e. The van der Waals surface area contributed by atoms with Gasteiger partial charge in [-0.1, -0.05) is 12.1 Å². The number of hydrogen-bond donors (Lipinski definition) is 3. The number of aliphatic hydroxyl groups is 1. The summed E-state index contributed by atoms with van der Waals surface area (Å²) in [7, 11) is 0. The number of aromatic nitrogens is 1. The number of hydrogen-bond acceptors (Lipinski definition) is 2. The van der Waals surface area contributed by atoms with Gasteiger partial charge in [0.25, 0.3) is 5.91 Å². The van der Waals surface area contributed by atoms with Crippen molar-refractivity contribution in [3.05, 3.63) is 35.0 Å². The number of amides is 1. The summed E-state index contributed by atoms with van der Waals surface area (Å²) >= 11 is 0. The number of carbonyl (C=O) groups is 1. The first-order valence-corrected chi connectivity index (χ1v) is 6.54. The van der Waals surface area contributed by atoms with Crippen molar-refractivity contribution in [3.63, 3.8) is 0 Å². The van der Waals surface area contributed by atoms with Crippen molar-refractivity contribution in [1.82, 2.24) is 10.3 Å². The molecule has 1 heterocycles. The van der Waals surface area contributed by atoms with E-state index >= 15 is 0 Å². The molecule has 0 unspecified atom stereocenters. The zero-order valence-corrected chi connectivity index (χ0v) is 11.6. The molecule has 4 heteroatoms. The molecule has 0 spiro atoms. The van der Waals surface area contributed by atoms with Gasteiger partial charge in [-0.05, 0) is 38.8 Å². The lowest BCUT2D eigenvalue weighted by molar-refractivity contribution is 0.0936. The SMILES string of the molecule is Cc1[nH]c2c(C(=O)N[C@H](C)CCO)cccc2c1C. The number of fused-ring (bicyclic) bond motifs is 1. The number of H-pyrrole nitrogens is 1. The van der Waals surface area contributed by atoms with Gasteiger partial charge in [-0.25, -0.2) is 0 Å². The predicted octanol–water partition coefficient (Wildman–Crippen LogP) is 2.29. The summed E-state index contributed by atoms with van der Waals surface area (Å²) in [6.45, 7) is 6.02. The molecule has 0 saturated carbocycles. The Hall–Kier alpha value is -1.81. The van der Waals surface area contributed by atoms with Crippen LogP contribution in [0.25, 0.3) is 10.9 Å². The summed E-state index contributed by atoms with van der Waals surface area (Å²) in [6, 6.07) is 5.69. The standard InChI is InChI=1S/C15H20N2O2/c1-9(7-8-18)16-15(19)13-6-4-5-12-10(2)11(3)17-14(12)13/h4-6,9,17-18H,7-8H2,1-3H3,(H,16,19)/t9-/m1/s1. The van der Waals surface area contributed by atoms with E-state index in [-0.39, 0.29) is 18.6 Å². The predicted molar refractivity (Wildman–Crippen MR) is 76.4 cm³/mol. The quantitative estimate of drug-likeness (QED) is 0.789. The summed E-state index contributed by atoms with van der Waals surface area (Å²) in [5.41, 5.74) is 3.79. The van der Waals surface area contributed by atoms with Crippen molar-refractivity contribution < 1.29 is 9.90 Å². The van der Waals surface area contributed by atoms with Crippen LogP contribution in [0.3, 0.4) is 0 Å². The van der Waals surface area contributed by atoms with E-state index < -0.39 is 0 Å². The van der Waals surface area contributed by atoms with E-state index in [2.05, 4.69) is 10.3 Å². The first kappa shape index (κ1) is 13.6. The van der Waals surface area contributed by atoms with Crippen molar-refractivity contribution in [1.29, 1.82) is 0 Å². The van der Waals surface area contributed by atoms with Gasteiger partial charge < -0.3 is 15.4 Å².